The van der Waals surface area contributed by atoms with Crippen molar-refractivity contribution < 1.29 is 39.8 Å². The second-order valence-electron chi connectivity index (χ2n) is 15.1. The largest absolute Gasteiger partial charge is 0.394 e. The van der Waals surface area contributed by atoms with Crippen LogP contribution < -0.4 is 5.32 Å². The lowest BCUT2D eigenvalue weighted by Crippen LogP contribution is -2.60. The zero-order chi connectivity index (χ0) is 38.8. The van der Waals surface area contributed by atoms with E-state index in [1.807, 2.05) is 6.08 Å². The van der Waals surface area contributed by atoms with Gasteiger partial charge in [0.1, 0.15) is 24.4 Å². The molecule has 0 aromatic heterocycles. The van der Waals surface area contributed by atoms with Crippen LogP contribution in [0.4, 0.5) is 0 Å². The van der Waals surface area contributed by atoms with Gasteiger partial charge in [0.05, 0.1) is 25.4 Å². The van der Waals surface area contributed by atoms with E-state index in [1.54, 1.807) is 6.08 Å². The van der Waals surface area contributed by atoms with Gasteiger partial charge in [0, 0.05) is 6.42 Å². The Bertz CT molecular complexity index is 925. The van der Waals surface area contributed by atoms with E-state index in [2.05, 4.69) is 43.5 Å². The Labute approximate surface area is 323 Å². The van der Waals surface area contributed by atoms with Crippen LogP contribution in [0.1, 0.15) is 181 Å². The van der Waals surface area contributed by atoms with Gasteiger partial charge >= 0.3 is 0 Å². The van der Waals surface area contributed by atoms with Crippen molar-refractivity contribution in [2.45, 2.75) is 224 Å². The minimum atomic E-state index is -1.57. The fourth-order valence-electron chi connectivity index (χ4n) is 6.66. The van der Waals surface area contributed by atoms with Gasteiger partial charge in [0.25, 0.3) is 0 Å². The molecule has 0 radical (unpaired) electrons. The zero-order valence-corrected chi connectivity index (χ0v) is 33.8. The molecule has 7 atom stereocenters. The quantitative estimate of drug-likeness (QED) is 0.0279. The highest BCUT2D eigenvalue weighted by molar-refractivity contribution is 5.76. The predicted molar refractivity (Wildman–Crippen MR) is 216 cm³/mol. The average Bonchev–Trinajstić information content (AvgIpc) is 3.16. The molecule has 1 amide bonds. The van der Waals surface area contributed by atoms with Gasteiger partial charge in [-0.05, 0) is 44.9 Å². The second-order valence-corrected chi connectivity index (χ2v) is 15.1. The van der Waals surface area contributed by atoms with Crippen LogP contribution in [-0.2, 0) is 14.3 Å². The molecule has 1 aliphatic heterocycles. The molecule has 1 saturated heterocycles. The topological polar surface area (TPSA) is 149 Å². The molecule has 1 aliphatic rings. The van der Waals surface area contributed by atoms with Crippen LogP contribution in [-0.4, -0.2) is 87.5 Å². The molecular weight excluding hydrogens is 670 g/mol. The van der Waals surface area contributed by atoms with Gasteiger partial charge in [-0.25, -0.2) is 0 Å². The number of rotatable bonds is 35. The Hall–Kier alpha value is -1.59. The van der Waals surface area contributed by atoms with Crippen LogP contribution in [0, 0.1) is 0 Å². The number of hydrogen-bond donors (Lipinski definition) is 6. The van der Waals surface area contributed by atoms with E-state index in [9.17, 15) is 30.3 Å². The molecule has 310 valence electrons. The molecule has 0 bridgehead atoms. The maximum absolute atomic E-state index is 12.9. The van der Waals surface area contributed by atoms with Crippen LogP contribution in [0.15, 0.2) is 36.5 Å². The molecule has 0 aromatic carbocycles. The second kappa shape index (κ2) is 34.9. The summed E-state index contributed by atoms with van der Waals surface area (Å²) >= 11 is 0. The summed E-state index contributed by atoms with van der Waals surface area (Å²) < 4.78 is 11.2. The van der Waals surface area contributed by atoms with Crippen LogP contribution in [0.3, 0.4) is 0 Å². The van der Waals surface area contributed by atoms with Crippen LogP contribution in [0.2, 0.25) is 0 Å². The summed E-state index contributed by atoms with van der Waals surface area (Å²) in [5.41, 5.74) is 0. The maximum atomic E-state index is 12.9. The van der Waals surface area contributed by atoms with Gasteiger partial charge in [-0.3, -0.25) is 4.79 Å². The number of ether oxygens (including phenoxy) is 2. The number of aliphatic hydroxyl groups excluding tert-OH is 5. The van der Waals surface area contributed by atoms with Gasteiger partial charge in [0.2, 0.25) is 5.91 Å². The lowest BCUT2D eigenvalue weighted by atomic mass is 9.99. The molecule has 7 unspecified atom stereocenters. The highest BCUT2D eigenvalue weighted by Gasteiger charge is 2.44. The van der Waals surface area contributed by atoms with Crippen molar-refractivity contribution in [3.8, 4) is 0 Å². The normalized spacial score (nSPS) is 22.0. The molecule has 9 heteroatoms. The van der Waals surface area contributed by atoms with E-state index in [0.29, 0.717) is 6.42 Å². The Morgan fingerprint density at radius 2 is 1.08 bits per heavy atom. The van der Waals surface area contributed by atoms with Crippen molar-refractivity contribution in [2.75, 3.05) is 13.2 Å². The van der Waals surface area contributed by atoms with Gasteiger partial charge in [0.15, 0.2) is 6.29 Å². The third-order valence-electron chi connectivity index (χ3n) is 10.2. The van der Waals surface area contributed by atoms with Gasteiger partial charge in [-0.1, -0.05) is 166 Å². The van der Waals surface area contributed by atoms with Crippen molar-refractivity contribution in [2.24, 2.45) is 0 Å². The van der Waals surface area contributed by atoms with Crippen LogP contribution >= 0.6 is 0 Å². The first-order chi connectivity index (χ1) is 25.8. The number of amides is 1. The van der Waals surface area contributed by atoms with Crippen molar-refractivity contribution in [3.05, 3.63) is 36.5 Å². The zero-order valence-electron chi connectivity index (χ0n) is 33.8. The minimum absolute atomic E-state index is 0.194. The molecular formula is C44H81NO8. The minimum Gasteiger partial charge on any atom is -0.394 e. The summed E-state index contributed by atoms with van der Waals surface area (Å²) in [7, 11) is 0. The first-order valence-electron chi connectivity index (χ1n) is 21.7. The first kappa shape index (κ1) is 49.4. The Morgan fingerprint density at radius 3 is 1.58 bits per heavy atom. The number of nitrogens with one attached hydrogen (secondary N) is 1. The lowest BCUT2D eigenvalue weighted by molar-refractivity contribution is -0.302. The lowest BCUT2D eigenvalue weighted by Gasteiger charge is -2.40. The molecule has 9 nitrogen and oxygen atoms in total. The summed E-state index contributed by atoms with van der Waals surface area (Å²) in [6.45, 7) is 3.72. The molecule has 6 N–H and O–H groups in total. The summed E-state index contributed by atoms with van der Waals surface area (Å²) in [6.07, 6.45) is 34.8. The standard InChI is InChI=1S/C44H81NO8/c1-3-5-7-9-11-13-15-16-17-18-19-20-21-22-24-25-27-29-31-33-38(47)37(36-52-44-43(51)42(50)41(49)39(35-46)53-44)45-40(48)34-32-30-28-26-23-14-12-10-8-6-4-2/h19-20,24-25,31,33,37-39,41-44,46-47,49-51H,3-18,21-23,26-30,32,34-36H2,1-2H3,(H,45,48)/b20-19+,25-24+,33-31+. The van der Waals surface area contributed by atoms with Crippen molar-refractivity contribution in [1.82, 2.24) is 5.32 Å². The number of aliphatic hydroxyl groups is 5. The van der Waals surface area contributed by atoms with E-state index in [0.717, 1.165) is 44.9 Å². The predicted octanol–water partition coefficient (Wildman–Crippen LogP) is 8.50. The van der Waals surface area contributed by atoms with Crippen molar-refractivity contribution in [3.63, 3.8) is 0 Å². The summed E-state index contributed by atoms with van der Waals surface area (Å²) in [6, 6.07) is -0.822. The summed E-state index contributed by atoms with van der Waals surface area (Å²) in [4.78, 5) is 12.9. The smallest absolute Gasteiger partial charge is 0.220 e. The third kappa shape index (κ3) is 26.0. The average molecular weight is 752 g/mol. The molecule has 0 aromatic rings. The van der Waals surface area contributed by atoms with Gasteiger partial charge < -0.3 is 40.3 Å². The fraction of sp³-hybridized carbons (Fsp3) is 0.841. The van der Waals surface area contributed by atoms with Crippen molar-refractivity contribution in [1.29, 1.82) is 0 Å². The highest BCUT2D eigenvalue weighted by atomic mass is 16.7. The molecule has 53 heavy (non-hydrogen) atoms. The van der Waals surface area contributed by atoms with Crippen molar-refractivity contribution >= 4 is 5.91 Å². The van der Waals surface area contributed by atoms with E-state index in [1.165, 1.54) is 116 Å². The number of allylic oxidation sites excluding steroid dienone is 5. The van der Waals surface area contributed by atoms with Crippen LogP contribution in [0.25, 0.3) is 0 Å². The van der Waals surface area contributed by atoms with Crippen LogP contribution in [0.5, 0.6) is 0 Å². The molecule has 0 spiro atoms. The molecule has 1 heterocycles. The third-order valence-corrected chi connectivity index (χ3v) is 10.2. The molecule has 1 fully saturated rings. The number of carbonyl (C=O) groups excluding carboxylic acids is 1. The SMILES string of the molecule is CCCCCCCCCCC/C=C/CC/C=C/CC/C=C/C(O)C(COC1OC(CO)C(O)C(O)C1O)NC(=O)CCCCCCCCCCCCC. The van der Waals surface area contributed by atoms with Gasteiger partial charge in [-0.15, -0.1) is 0 Å². The van der Waals surface area contributed by atoms with E-state index >= 15 is 0 Å². The van der Waals surface area contributed by atoms with E-state index < -0.39 is 49.5 Å². The number of hydrogen-bond acceptors (Lipinski definition) is 8. The monoisotopic (exact) mass is 752 g/mol. The Balaban J connectivity index is 2.42. The highest BCUT2D eigenvalue weighted by Crippen LogP contribution is 2.22. The Morgan fingerprint density at radius 1 is 0.623 bits per heavy atom. The molecule has 0 saturated carbocycles. The Kier molecular flexibility index (Phi) is 32.5. The number of carbonyl (C=O) groups is 1. The molecule has 1 rings (SSSR count). The van der Waals surface area contributed by atoms with E-state index in [4.69, 9.17) is 9.47 Å². The summed E-state index contributed by atoms with van der Waals surface area (Å²) in [5.74, 6) is -0.194. The first-order valence-corrected chi connectivity index (χ1v) is 21.7. The summed E-state index contributed by atoms with van der Waals surface area (Å²) in [5, 5.41) is 54.0. The maximum Gasteiger partial charge on any atom is 0.220 e. The fourth-order valence-corrected chi connectivity index (χ4v) is 6.66. The van der Waals surface area contributed by atoms with Gasteiger partial charge in [-0.2, -0.15) is 0 Å². The number of unbranched alkanes of at least 4 members (excludes halogenated alkanes) is 21. The van der Waals surface area contributed by atoms with E-state index in [-0.39, 0.29) is 12.5 Å². The molecule has 0 aliphatic carbocycles.